The molecule has 0 spiro atoms. The van der Waals surface area contributed by atoms with Crippen LogP contribution in [0.5, 0.6) is 5.75 Å². The molecule has 2 rings (SSSR count). The van der Waals surface area contributed by atoms with Crippen molar-refractivity contribution in [3.05, 3.63) is 34.4 Å². The molecule has 0 fully saturated rings. The van der Waals surface area contributed by atoms with E-state index < -0.39 is 0 Å². The van der Waals surface area contributed by atoms with Crippen molar-refractivity contribution in [2.75, 3.05) is 14.2 Å². The van der Waals surface area contributed by atoms with Gasteiger partial charge in [-0.2, -0.15) is 0 Å². The first-order chi connectivity index (χ1) is 8.15. The summed E-state index contributed by atoms with van der Waals surface area (Å²) in [6, 6.07) is 6.93. The van der Waals surface area contributed by atoms with Crippen LogP contribution in [0.4, 0.5) is 0 Å². The molecule has 2 aromatic rings. The topological polar surface area (TPSA) is 48.4 Å². The van der Waals surface area contributed by atoms with E-state index in [1.54, 1.807) is 31.4 Å². The van der Waals surface area contributed by atoms with Gasteiger partial charge in [0.1, 0.15) is 10.4 Å². The number of rotatable bonds is 2. The molecule has 1 aromatic heterocycles. The number of fused-ring (bicyclic) bond motifs is 1. The van der Waals surface area contributed by atoms with Gasteiger partial charge in [0, 0.05) is 11.5 Å². The van der Waals surface area contributed by atoms with Crippen LogP contribution >= 0.6 is 15.9 Å². The zero-order chi connectivity index (χ0) is 12.4. The Morgan fingerprint density at radius 3 is 2.71 bits per heavy atom. The first-order valence-electron chi connectivity index (χ1n) is 4.88. The molecule has 0 aliphatic rings. The highest BCUT2D eigenvalue weighted by molar-refractivity contribution is 9.10. The zero-order valence-corrected chi connectivity index (χ0v) is 10.9. The summed E-state index contributed by atoms with van der Waals surface area (Å²) in [7, 11) is 2.94. The Morgan fingerprint density at radius 2 is 2.06 bits per heavy atom. The highest BCUT2D eigenvalue weighted by Gasteiger charge is 2.10. The molecule has 1 aromatic carbocycles. The van der Waals surface area contributed by atoms with Gasteiger partial charge < -0.3 is 9.47 Å². The molecule has 0 aliphatic carbocycles. The third-order valence-electron chi connectivity index (χ3n) is 2.38. The van der Waals surface area contributed by atoms with Crippen molar-refractivity contribution >= 4 is 32.8 Å². The van der Waals surface area contributed by atoms with E-state index in [1.165, 1.54) is 7.11 Å². The monoisotopic (exact) mass is 295 g/mol. The number of pyridine rings is 1. The molecule has 0 bridgehead atoms. The predicted octanol–water partition coefficient (Wildman–Crippen LogP) is 2.79. The summed E-state index contributed by atoms with van der Waals surface area (Å²) >= 11 is 3.30. The van der Waals surface area contributed by atoms with Crippen molar-refractivity contribution in [3.63, 3.8) is 0 Å². The first-order valence-corrected chi connectivity index (χ1v) is 5.67. The molecule has 0 amide bonds. The lowest BCUT2D eigenvalue weighted by molar-refractivity contribution is 0.0601. The number of nitrogens with zero attached hydrogens (tertiary/aromatic N) is 1. The average Bonchev–Trinajstić information content (AvgIpc) is 2.35. The second kappa shape index (κ2) is 4.71. The summed E-state index contributed by atoms with van der Waals surface area (Å²) in [5.74, 6) is 0.325. The Balaban J connectivity index is 2.65. The van der Waals surface area contributed by atoms with Crippen molar-refractivity contribution < 1.29 is 14.3 Å². The van der Waals surface area contributed by atoms with E-state index in [0.29, 0.717) is 21.4 Å². The van der Waals surface area contributed by atoms with E-state index in [-0.39, 0.29) is 5.97 Å². The normalized spacial score (nSPS) is 10.3. The van der Waals surface area contributed by atoms with Gasteiger partial charge in [-0.3, -0.25) is 0 Å². The smallest absolute Gasteiger partial charge is 0.337 e. The number of hydrogen-bond acceptors (Lipinski definition) is 4. The lowest BCUT2D eigenvalue weighted by atomic mass is 10.1. The van der Waals surface area contributed by atoms with Gasteiger partial charge in [-0.15, -0.1) is 0 Å². The second-order valence-electron chi connectivity index (χ2n) is 3.37. The minimum atomic E-state index is -0.382. The number of methoxy groups -OCH3 is 2. The van der Waals surface area contributed by atoms with Crippen LogP contribution in [0.25, 0.3) is 10.9 Å². The minimum Gasteiger partial charge on any atom is -0.496 e. The molecule has 0 N–H and O–H groups in total. The predicted molar refractivity (Wildman–Crippen MR) is 67.3 cm³/mol. The van der Waals surface area contributed by atoms with Gasteiger partial charge in [0.25, 0.3) is 0 Å². The highest BCUT2D eigenvalue weighted by Crippen LogP contribution is 2.28. The van der Waals surface area contributed by atoms with Gasteiger partial charge in [0.05, 0.1) is 25.3 Å². The first kappa shape index (κ1) is 11.9. The summed E-state index contributed by atoms with van der Waals surface area (Å²) in [5, 5.41) is 0.850. The molecule has 88 valence electrons. The van der Waals surface area contributed by atoms with Crippen LogP contribution in [0, 0.1) is 0 Å². The number of halogens is 1. The molecule has 4 nitrogen and oxygen atoms in total. The summed E-state index contributed by atoms with van der Waals surface area (Å²) < 4.78 is 10.6. The summed E-state index contributed by atoms with van der Waals surface area (Å²) in [6.07, 6.45) is 0. The maximum Gasteiger partial charge on any atom is 0.337 e. The molecule has 17 heavy (non-hydrogen) atoms. The van der Waals surface area contributed by atoms with Gasteiger partial charge >= 0.3 is 5.97 Å². The fraction of sp³-hybridized carbons (Fsp3) is 0.167. The van der Waals surface area contributed by atoms with Crippen LogP contribution in [0.2, 0.25) is 0 Å². The molecule has 0 radical (unpaired) electrons. The van der Waals surface area contributed by atoms with Crippen molar-refractivity contribution in [3.8, 4) is 5.75 Å². The van der Waals surface area contributed by atoms with Crippen LogP contribution in [-0.4, -0.2) is 25.2 Å². The van der Waals surface area contributed by atoms with Gasteiger partial charge in [-0.05, 0) is 34.1 Å². The highest BCUT2D eigenvalue weighted by atomic mass is 79.9. The standard InChI is InChI=1S/C12H10BrNO3/c1-16-10-6-11(13)14-9-5-7(12(15)17-2)3-4-8(9)10/h3-6H,1-2H3. The zero-order valence-electron chi connectivity index (χ0n) is 9.36. The number of benzene rings is 1. The fourth-order valence-corrected chi connectivity index (χ4v) is 1.98. The fourth-order valence-electron chi connectivity index (χ4n) is 1.58. The molecule has 0 atom stereocenters. The van der Waals surface area contributed by atoms with E-state index >= 15 is 0 Å². The molecular weight excluding hydrogens is 286 g/mol. The summed E-state index contributed by atoms with van der Waals surface area (Å²) in [4.78, 5) is 15.7. The van der Waals surface area contributed by atoms with E-state index in [1.807, 2.05) is 0 Å². The molecule has 0 saturated carbocycles. The van der Waals surface area contributed by atoms with E-state index in [0.717, 1.165) is 5.39 Å². The number of ether oxygens (including phenoxy) is 2. The maximum absolute atomic E-state index is 11.4. The molecule has 0 aliphatic heterocycles. The quantitative estimate of drug-likeness (QED) is 0.631. The van der Waals surface area contributed by atoms with E-state index in [2.05, 4.69) is 25.7 Å². The molecule has 0 unspecified atom stereocenters. The maximum atomic E-state index is 11.4. The second-order valence-corrected chi connectivity index (χ2v) is 4.18. The van der Waals surface area contributed by atoms with Crippen molar-refractivity contribution in [1.29, 1.82) is 0 Å². The Bertz CT molecular complexity index is 583. The number of carbonyl (C=O) groups excluding carboxylic acids is 1. The SMILES string of the molecule is COC(=O)c1ccc2c(OC)cc(Br)nc2c1. The Kier molecular flexibility index (Phi) is 3.28. The minimum absolute atomic E-state index is 0.382. The van der Waals surface area contributed by atoms with E-state index in [4.69, 9.17) is 4.74 Å². The number of aromatic nitrogens is 1. The number of hydrogen-bond donors (Lipinski definition) is 0. The number of esters is 1. The van der Waals surface area contributed by atoms with Gasteiger partial charge in [-0.25, -0.2) is 9.78 Å². The Morgan fingerprint density at radius 1 is 1.29 bits per heavy atom. The number of carbonyl (C=O) groups is 1. The van der Waals surface area contributed by atoms with Crippen LogP contribution < -0.4 is 4.74 Å². The van der Waals surface area contributed by atoms with Gasteiger partial charge in [-0.1, -0.05) is 0 Å². The van der Waals surface area contributed by atoms with E-state index in [9.17, 15) is 4.79 Å². The van der Waals surface area contributed by atoms with Crippen LogP contribution in [0.3, 0.4) is 0 Å². The summed E-state index contributed by atoms with van der Waals surface area (Å²) in [5.41, 5.74) is 1.15. The van der Waals surface area contributed by atoms with Crippen LogP contribution in [0.1, 0.15) is 10.4 Å². The van der Waals surface area contributed by atoms with Crippen LogP contribution in [-0.2, 0) is 4.74 Å². The molecular formula is C12H10BrNO3. The average molecular weight is 296 g/mol. The third kappa shape index (κ3) is 2.24. The van der Waals surface area contributed by atoms with Gasteiger partial charge in [0.2, 0.25) is 0 Å². The summed E-state index contributed by atoms with van der Waals surface area (Å²) in [6.45, 7) is 0. The van der Waals surface area contributed by atoms with Crippen molar-refractivity contribution in [1.82, 2.24) is 4.98 Å². The van der Waals surface area contributed by atoms with Crippen molar-refractivity contribution in [2.24, 2.45) is 0 Å². The third-order valence-corrected chi connectivity index (χ3v) is 2.79. The molecule has 1 heterocycles. The van der Waals surface area contributed by atoms with Crippen molar-refractivity contribution in [2.45, 2.75) is 0 Å². The molecule has 0 saturated heterocycles. The van der Waals surface area contributed by atoms with Gasteiger partial charge in [0.15, 0.2) is 0 Å². The Hall–Kier alpha value is -1.62. The lowest BCUT2D eigenvalue weighted by Gasteiger charge is -2.07. The Labute approximate surface area is 107 Å². The lowest BCUT2D eigenvalue weighted by Crippen LogP contribution is -2.01. The van der Waals surface area contributed by atoms with Crippen LogP contribution in [0.15, 0.2) is 28.9 Å². The molecule has 5 heteroatoms. The largest absolute Gasteiger partial charge is 0.496 e.